The second kappa shape index (κ2) is 8.76. The van der Waals surface area contributed by atoms with Crippen molar-refractivity contribution in [1.82, 2.24) is 14.1 Å². The van der Waals surface area contributed by atoms with Gasteiger partial charge in [-0.1, -0.05) is 41.9 Å². The molecule has 0 saturated heterocycles. The van der Waals surface area contributed by atoms with Crippen molar-refractivity contribution < 1.29 is 15.0 Å². The zero-order valence-corrected chi connectivity index (χ0v) is 15.5. The van der Waals surface area contributed by atoms with Gasteiger partial charge in [0.1, 0.15) is 11.0 Å². The standard InChI is InChI=1S/C9H8ClN5S.C8H8O3/c10-5-1-2-6-8(15-16-14-6)7(5)13-9-11-3-4-12-9;9-7(8(10)11)6-4-2-1-3-5-6/h1-2H,3-4H2,(H2,11,12,13);1-5,7,9H,(H,10,11). The van der Waals surface area contributed by atoms with Crippen LogP contribution in [0.1, 0.15) is 11.7 Å². The summed E-state index contributed by atoms with van der Waals surface area (Å²) in [5, 5.41) is 24.3. The van der Waals surface area contributed by atoms with Crippen LogP contribution in [0.3, 0.4) is 0 Å². The number of hydrogen-bond donors (Lipinski definition) is 4. The summed E-state index contributed by atoms with van der Waals surface area (Å²) in [5.41, 5.74) is 2.80. The summed E-state index contributed by atoms with van der Waals surface area (Å²) in [6, 6.07) is 11.9. The summed E-state index contributed by atoms with van der Waals surface area (Å²) in [4.78, 5) is 14.5. The normalized spacial score (nSPS) is 13.9. The molecule has 0 bridgehead atoms. The molecule has 0 radical (unpaired) electrons. The Morgan fingerprint density at radius 3 is 2.67 bits per heavy atom. The molecule has 0 aliphatic carbocycles. The van der Waals surface area contributed by atoms with Crippen LogP contribution in [0.25, 0.3) is 11.0 Å². The average Bonchev–Trinajstić information content (AvgIpc) is 3.36. The SMILES string of the molecule is Clc1ccc2nsnc2c1NC1=NCCN1.O=C(O)C(O)c1ccccc1. The zero-order valence-electron chi connectivity index (χ0n) is 14.0. The highest BCUT2D eigenvalue weighted by Gasteiger charge is 2.14. The molecule has 1 aliphatic rings. The van der Waals surface area contributed by atoms with Gasteiger partial charge in [-0.05, 0) is 17.7 Å². The number of aromatic nitrogens is 2. The van der Waals surface area contributed by atoms with Crippen LogP contribution in [0.15, 0.2) is 47.5 Å². The maximum atomic E-state index is 10.2. The number of carboxylic acids is 1. The summed E-state index contributed by atoms with van der Waals surface area (Å²) < 4.78 is 8.39. The monoisotopic (exact) mass is 405 g/mol. The highest BCUT2D eigenvalue weighted by Crippen LogP contribution is 2.29. The van der Waals surface area contributed by atoms with Gasteiger partial charge in [0.25, 0.3) is 0 Å². The number of anilines is 1. The Labute approximate surface area is 163 Å². The van der Waals surface area contributed by atoms with Gasteiger partial charge in [0, 0.05) is 6.54 Å². The molecule has 1 aromatic heterocycles. The minimum atomic E-state index is -1.41. The summed E-state index contributed by atoms with van der Waals surface area (Å²) in [6.45, 7) is 1.64. The van der Waals surface area contributed by atoms with Crippen LogP contribution >= 0.6 is 23.3 Å². The van der Waals surface area contributed by atoms with E-state index in [-0.39, 0.29) is 0 Å². The Bertz CT molecular complexity index is 964. The molecule has 0 fully saturated rings. The molecule has 3 aromatic rings. The van der Waals surface area contributed by atoms with Crippen LogP contribution in [-0.4, -0.2) is 44.0 Å². The van der Waals surface area contributed by atoms with E-state index in [9.17, 15) is 4.79 Å². The fourth-order valence-corrected chi connectivity index (χ4v) is 3.07. The Balaban J connectivity index is 0.000000168. The second-order valence-electron chi connectivity index (χ2n) is 5.49. The molecular weight excluding hydrogens is 390 g/mol. The van der Waals surface area contributed by atoms with Crippen molar-refractivity contribution in [3.8, 4) is 0 Å². The predicted molar refractivity (Wildman–Crippen MR) is 105 cm³/mol. The highest BCUT2D eigenvalue weighted by molar-refractivity contribution is 7.00. The van der Waals surface area contributed by atoms with Crippen molar-refractivity contribution in [2.75, 3.05) is 18.4 Å². The Hall–Kier alpha value is -2.75. The maximum Gasteiger partial charge on any atom is 0.337 e. The van der Waals surface area contributed by atoms with E-state index in [2.05, 4.69) is 24.4 Å². The highest BCUT2D eigenvalue weighted by atomic mass is 35.5. The van der Waals surface area contributed by atoms with E-state index in [1.807, 2.05) is 12.1 Å². The van der Waals surface area contributed by atoms with Gasteiger partial charge in [0.2, 0.25) is 0 Å². The number of hydrogen-bond acceptors (Lipinski definition) is 8. The van der Waals surface area contributed by atoms with E-state index in [0.717, 1.165) is 35.8 Å². The summed E-state index contributed by atoms with van der Waals surface area (Å²) in [7, 11) is 0. The number of benzene rings is 2. The van der Waals surface area contributed by atoms with Crippen molar-refractivity contribution >= 4 is 52.0 Å². The van der Waals surface area contributed by atoms with E-state index in [0.29, 0.717) is 10.6 Å². The van der Waals surface area contributed by atoms with Gasteiger partial charge >= 0.3 is 5.97 Å². The number of halogens is 1. The van der Waals surface area contributed by atoms with Crippen LogP contribution in [0.5, 0.6) is 0 Å². The molecule has 0 spiro atoms. The first-order valence-electron chi connectivity index (χ1n) is 7.98. The van der Waals surface area contributed by atoms with E-state index < -0.39 is 12.1 Å². The van der Waals surface area contributed by atoms with Crippen molar-refractivity contribution in [1.29, 1.82) is 0 Å². The van der Waals surface area contributed by atoms with Gasteiger partial charge in [-0.3, -0.25) is 4.99 Å². The quantitative estimate of drug-likeness (QED) is 0.528. The van der Waals surface area contributed by atoms with Crippen LogP contribution in [0.4, 0.5) is 5.69 Å². The van der Waals surface area contributed by atoms with Crippen LogP contribution < -0.4 is 10.6 Å². The number of aliphatic imine (C=N–C) groups is 1. The van der Waals surface area contributed by atoms with Crippen LogP contribution in [0.2, 0.25) is 5.02 Å². The molecule has 8 nitrogen and oxygen atoms in total. The lowest BCUT2D eigenvalue weighted by Crippen LogP contribution is -2.26. The molecular formula is C17H16ClN5O3S. The summed E-state index contributed by atoms with van der Waals surface area (Å²) in [6.07, 6.45) is -1.41. The molecule has 2 aromatic carbocycles. The molecule has 1 atom stereocenters. The zero-order chi connectivity index (χ0) is 19.2. The third kappa shape index (κ3) is 4.70. The lowest BCUT2D eigenvalue weighted by Gasteiger charge is -2.08. The van der Waals surface area contributed by atoms with E-state index in [4.69, 9.17) is 21.8 Å². The Morgan fingerprint density at radius 1 is 1.22 bits per heavy atom. The molecule has 27 heavy (non-hydrogen) atoms. The lowest BCUT2D eigenvalue weighted by molar-refractivity contribution is -0.146. The predicted octanol–water partition coefficient (Wildman–Crippen LogP) is 2.52. The average molecular weight is 406 g/mol. The van der Waals surface area contributed by atoms with Crippen LogP contribution in [-0.2, 0) is 4.79 Å². The van der Waals surface area contributed by atoms with E-state index in [1.165, 1.54) is 11.7 Å². The fraction of sp³-hybridized carbons (Fsp3) is 0.176. The number of aliphatic hydroxyl groups is 1. The van der Waals surface area contributed by atoms with Gasteiger partial charge in [-0.2, -0.15) is 8.75 Å². The molecule has 4 rings (SSSR count). The lowest BCUT2D eigenvalue weighted by atomic mass is 10.1. The van der Waals surface area contributed by atoms with Crippen molar-refractivity contribution in [2.24, 2.45) is 4.99 Å². The number of carboxylic acid groups (broad SMARTS) is 1. The smallest absolute Gasteiger partial charge is 0.337 e. The number of aliphatic hydroxyl groups excluding tert-OH is 1. The summed E-state index contributed by atoms with van der Waals surface area (Å²) >= 11 is 7.30. The minimum Gasteiger partial charge on any atom is -0.479 e. The first kappa shape index (κ1) is 19.0. The third-order valence-electron chi connectivity index (χ3n) is 3.64. The first-order valence-corrected chi connectivity index (χ1v) is 9.09. The van der Waals surface area contributed by atoms with Gasteiger partial charge in [0.15, 0.2) is 12.1 Å². The molecule has 4 N–H and O–H groups in total. The number of fused-ring (bicyclic) bond motifs is 1. The fourth-order valence-electron chi connectivity index (χ4n) is 2.32. The Morgan fingerprint density at radius 2 is 2.00 bits per heavy atom. The van der Waals surface area contributed by atoms with Crippen LogP contribution in [0, 0.1) is 0 Å². The molecule has 10 heteroatoms. The second-order valence-corrected chi connectivity index (χ2v) is 6.42. The number of nitrogens with one attached hydrogen (secondary N) is 2. The van der Waals surface area contributed by atoms with Gasteiger partial charge in [-0.15, -0.1) is 0 Å². The number of carbonyl (C=O) groups is 1. The first-order chi connectivity index (χ1) is 13.1. The topological polar surface area (TPSA) is 120 Å². The van der Waals surface area contributed by atoms with Crippen molar-refractivity contribution in [2.45, 2.75) is 6.10 Å². The maximum absolute atomic E-state index is 10.2. The van der Waals surface area contributed by atoms with Gasteiger partial charge < -0.3 is 20.8 Å². The third-order valence-corrected chi connectivity index (χ3v) is 4.50. The number of rotatable bonds is 3. The Kier molecular flexibility index (Phi) is 6.17. The molecule has 140 valence electrons. The molecule has 1 unspecified atom stereocenters. The molecule has 0 amide bonds. The van der Waals surface area contributed by atoms with Crippen molar-refractivity contribution in [3.05, 3.63) is 53.1 Å². The summed E-state index contributed by atoms with van der Waals surface area (Å²) in [5.74, 6) is -0.487. The number of guanidine groups is 1. The molecule has 0 saturated carbocycles. The van der Waals surface area contributed by atoms with E-state index in [1.54, 1.807) is 30.3 Å². The minimum absolute atomic E-state index is 0.403. The number of aliphatic carboxylic acids is 1. The largest absolute Gasteiger partial charge is 0.479 e. The molecule has 1 aliphatic heterocycles. The van der Waals surface area contributed by atoms with Gasteiger partial charge in [-0.25, -0.2) is 4.79 Å². The van der Waals surface area contributed by atoms with Gasteiger partial charge in [0.05, 0.1) is 29.0 Å². The van der Waals surface area contributed by atoms with E-state index >= 15 is 0 Å². The van der Waals surface area contributed by atoms with Crippen molar-refractivity contribution in [3.63, 3.8) is 0 Å². The number of nitrogens with zero attached hydrogens (tertiary/aromatic N) is 3. The molecule has 2 heterocycles.